The van der Waals surface area contributed by atoms with Crippen LogP contribution >= 0.6 is 0 Å². The van der Waals surface area contributed by atoms with Crippen molar-refractivity contribution >= 4 is 5.91 Å². The van der Waals surface area contributed by atoms with Gasteiger partial charge in [-0.2, -0.15) is 4.98 Å². The number of aromatic nitrogens is 3. The van der Waals surface area contributed by atoms with Crippen molar-refractivity contribution in [3.8, 4) is 0 Å². The molecule has 1 aliphatic heterocycles. The summed E-state index contributed by atoms with van der Waals surface area (Å²) in [6.07, 6.45) is 2.32. The van der Waals surface area contributed by atoms with Gasteiger partial charge in [0.15, 0.2) is 11.7 Å². The van der Waals surface area contributed by atoms with Gasteiger partial charge in [-0.25, -0.2) is 4.98 Å². The zero-order valence-electron chi connectivity index (χ0n) is 14.7. The molecule has 7 nitrogen and oxygen atoms in total. The SMILES string of the molecule is CCc1nc(C)c(C(=O)N2CCC(c3nc(C(C)C)no3)CC2)o1. The number of carbonyl (C=O) groups is 1. The van der Waals surface area contributed by atoms with E-state index in [2.05, 4.69) is 15.1 Å². The zero-order valence-corrected chi connectivity index (χ0v) is 14.7. The molecule has 1 aliphatic rings. The van der Waals surface area contributed by atoms with Crippen LogP contribution in [0, 0.1) is 6.92 Å². The highest BCUT2D eigenvalue weighted by Crippen LogP contribution is 2.28. The Morgan fingerprint density at radius 2 is 2.00 bits per heavy atom. The molecular formula is C17H24N4O3. The van der Waals surface area contributed by atoms with E-state index in [-0.39, 0.29) is 17.7 Å². The van der Waals surface area contributed by atoms with Gasteiger partial charge in [0, 0.05) is 31.3 Å². The number of nitrogens with zero attached hydrogens (tertiary/aromatic N) is 4. The minimum absolute atomic E-state index is 0.0773. The molecule has 1 amide bonds. The molecule has 2 aromatic rings. The Hall–Kier alpha value is -2.18. The summed E-state index contributed by atoms with van der Waals surface area (Å²) in [6, 6.07) is 0. The fraction of sp³-hybridized carbons (Fsp3) is 0.647. The number of hydrogen-bond acceptors (Lipinski definition) is 6. The molecule has 130 valence electrons. The van der Waals surface area contributed by atoms with Crippen molar-refractivity contribution in [2.24, 2.45) is 0 Å². The first-order valence-corrected chi connectivity index (χ1v) is 8.58. The quantitative estimate of drug-likeness (QED) is 0.855. The molecule has 0 unspecified atom stereocenters. The van der Waals surface area contributed by atoms with E-state index in [1.807, 2.05) is 32.6 Å². The van der Waals surface area contributed by atoms with Crippen LogP contribution in [0.1, 0.15) is 79.3 Å². The summed E-state index contributed by atoms with van der Waals surface area (Å²) >= 11 is 0. The van der Waals surface area contributed by atoms with Gasteiger partial charge in [-0.1, -0.05) is 25.9 Å². The second kappa shape index (κ2) is 6.75. The minimum atomic E-state index is -0.0773. The molecule has 0 N–H and O–H groups in total. The molecule has 2 aromatic heterocycles. The first kappa shape index (κ1) is 16.7. The predicted molar refractivity (Wildman–Crippen MR) is 86.9 cm³/mol. The predicted octanol–water partition coefficient (Wildman–Crippen LogP) is 3.07. The third kappa shape index (κ3) is 3.20. The number of rotatable bonds is 4. The largest absolute Gasteiger partial charge is 0.435 e. The van der Waals surface area contributed by atoms with Crippen molar-refractivity contribution in [1.29, 1.82) is 0 Å². The Morgan fingerprint density at radius 1 is 1.29 bits per heavy atom. The average molecular weight is 332 g/mol. The lowest BCUT2D eigenvalue weighted by molar-refractivity contribution is 0.0669. The maximum Gasteiger partial charge on any atom is 0.291 e. The van der Waals surface area contributed by atoms with Crippen molar-refractivity contribution in [3.63, 3.8) is 0 Å². The molecule has 24 heavy (non-hydrogen) atoms. The number of carbonyl (C=O) groups excluding carboxylic acids is 1. The number of aryl methyl sites for hydroxylation is 2. The first-order chi connectivity index (χ1) is 11.5. The number of amides is 1. The van der Waals surface area contributed by atoms with Crippen molar-refractivity contribution in [2.75, 3.05) is 13.1 Å². The Kier molecular flexibility index (Phi) is 4.69. The molecule has 0 aliphatic carbocycles. The molecule has 1 fully saturated rings. The Labute approximate surface area is 141 Å². The summed E-state index contributed by atoms with van der Waals surface area (Å²) < 4.78 is 11.0. The van der Waals surface area contributed by atoms with E-state index in [1.165, 1.54) is 0 Å². The van der Waals surface area contributed by atoms with Crippen LogP contribution in [-0.4, -0.2) is 39.0 Å². The van der Waals surface area contributed by atoms with Gasteiger partial charge >= 0.3 is 0 Å². The molecule has 0 atom stereocenters. The Balaban J connectivity index is 1.63. The third-order valence-corrected chi connectivity index (χ3v) is 4.44. The van der Waals surface area contributed by atoms with E-state index >= 15 is 0 Å². The van der Waals surface area contributed by atoms with E-state index in [1.54, 1.807) is 0 Å². The zero-order chi connectivity index (χ0) is 17.3. The standard InChI is InChI=1S/C17H24N4O3/c1-5-13-18-11(4)14(23-13)17(22)21-8-6-12(7-9-21)16-19-15(10(2)3)20-24-16/h10,12H,5-9H2,1-4H3. The molecular weight excluding hydrogens is 308 g/mol. The number of likely N-dealkylation sites (tertiary alicyclic amines) is 1. The summed E-state index contributed by atoms with van der Waals surface area (Å²) in [7, 11) is 0. The van der Waals surface area contributed by atoms with Gasteiger partial charge in [-0.3, -0.25) is 4.79 Å². The Bertz CT molecular complexity index is 711. The average Bonchev–Trinajstić information content (AvgIpc) is 3.21. The normalized spacial score (nSPS) is 16.1. The van der Waals surface area contributed by atoms with Gasteiger partial charge in [0.05, 0.1) is 5.69 Å². The van der Waals surface area contributed by atoms with Gasteiger partial charge in [-0.05, 0) is 19.8 Å². The van der Waals surface area contributed by atoms with Gasteiger partial charge in [0.1, 0.15) is 0 Å². The van der Waals surface area contributed by atoms with Crippen LogP contribution in [-0.2, 0) is 6.42 Å². The van der Waals surface area contributed by atoms with Crippen LogP contribution in [0.15, 0.2) is 8.94 Å². The van der Waals surface area contributed by atoms with E-state index in [4.69, 9.17) is 8.94 Å². The monoisotopic (exact) mass is 332 g/mol. The molecule has 3 rings (SSSR count). The maximum absolute atomic E-state index is 12.6. The lowest BCUT2D eigenvalue weighted by atomic mass is 9.96. The second-order valence-electron chi connectivity index (χ2n) is 6.59. The van der Waals surface area contributed by atoms with Crippen LogP contribution < -0.4 is 0 Å². The Morgan fingerprint density at radius 3 is 2.54 bits per heavy atom. The van der Waals surface area contributed by atoms with Crippen molar-refractivity contribution in [3.05, 3.63) is 29.1 Å². The van der Waals surface area contributed by atoms with Gasteiger partial charge in [-0.15, -0.1) is 0 Å². The fourth-order valence-electron chi connectivity index (χ4n) is 2.92. The topological polar surface area (TPSA) is 85.3 Å². The molecule has 0 saturated carbocycles. The summed E-state index contributed by atoms with van der Waals surface area (Å²) in [4.78, 5) is 23.2. The van der Waals surface area contributed by atoms with E-state index in [0.29, 0.717) is 42.7 Å². The molecule has 3 heterocycles. The van der Waals surface area contributed by atoms with Crippen LogP contribution in [0.25, 0.3) is 0 Å². The van der Waals surface area contributed by atoms with Crippen LogP contribution in [0.4, 0.5) is 0 Å². The smallest absolute Gasteiger partial charge is 0.291 e. The second-order valence-corrected chi connectivity index (χ2v) is 6.59. The highest BCUT2D eigenvalue weighted by molar-refractivity contribution is 5.92. The first-order valence-electron chi connectivity index (χ1n) is 8.58. The summed E-state index contributed by atoms with van der Waals surface area (Å²) in [5.74, 6) is 2.81. The number of piperidine rings is 1. The van der Waals surface area contributed by atoms with Crippen molar-refractivity contribution < 1.29 is 13.7 Å². The van der Waals surface area contributed by atoms with Gasteiger partial charge < -0.3 is 13.8 Å². The molecule has 1 saturated heterocycles. The lowest BCUT2D eigenvalue weighted by Gasteiger charge is -2.29. The van der Waals surface area contributed by atoms with E-state index in [9.17, 15) is 4.79 Å². The highest BCUT2D eigenvalue weighted by atomic mass is 16.5. The van der Waals surface area contributed by atoms with Crippen LogP contribution in [0.5, 0.6) is 0 Å². The molecule has 0 radical (unpaired) electrons. The summed E-state index contributed by atoms with van der Waals surface area (Å²) in [5.41, 5.74) is 0.664. The van der Waals surface area contributed by atoms with E-state index < -0.39 is 0 Å². The van der Waals surface area contributed by atoms with Gasteiger partial charge in [0.25, 0.3) is 5.91 Å². The van der Waals surface area contributed by atoms with Crippen molar-refractivity contribution in [1.82, 2.24) is 20.0 Å². The molecule has 0 bridgehead atoms. The number of hydrogen-bond donors (Lipinski definition) is 0. The minimum Gasteiger partial charge on any atom is -0.435 e. The molecule has 7 heteroatoms. The summed E-state index contributed by atoms with van der Waals surface area (Å²) in [5, 5.41) is 4.03. The van der Waals surface area contributed by atoms with Gasteiger partial charge in [0.2, 0.25) is 11.7 Å². The summed E-state index contributed by atoms with van der Waals surface area (Å²) in [6.45, 7) is 9.17. The maximum atomic E-state index is 12.6. The third-order valence-electron chi connectivity index (χ3n) is 4.44. The fourth-order valence-corrected chi connectivity index (χ4v) is 2.92. The van der Waals surface area contributed by atoms with Crippen molar-refractivity contribution in [2.45, 2.75) is 58.8 Å². The van der Waals surface area contributed by atoms with E-state index in [0.717, 1.165) is 18.7 Å². The molecule has 0 aromatic carbocycles. The van der Waals surface area contributed by atoms with Crippen LogP contribution in [0.3, 0.4) is 0 Å². The highest BCUT2D eigenvalue weighted by Gasteiger charge is 2.30. The molecule has 0 spiro atoms. The van der Waals surface area contributed by atoms with Crippen LogP contribution in [0.2, 0.25) is 0 Å². The number of oxazole rings is 1. The lowest BCUT2D eigenvalue weighted by Crippen LogP contribution is -2.38.